The van der Waals surface area contributed by atoms with Gasteiger partial charge in [0.1, 0.15) is 5.60 Å². The van der Waals surface area contributed by atoms with E-state index in [-0.39, 0.29) is 6.42 Å². The largest absolute Gasteiger partial charge is 0.481 e. The van der Waals surface area contributed by atoms with Crippen LogP contribution in [0.1, 0.15) is 83.3 Å². The van der Waals surface area contributed by atoms with Crippen molar-refractivity contribution in [2.24, 2.45) is 11.7 Å². The van der Waals surface area contributed by atoms with E-state index in [2.05, 4.69) is 37.3 Å². The number of hydrogen-bond acceptors (Lipinski definition) is 4. The molecule has 0 radical (unpaired) electrons. The van der Waals surface area contributed by atoms with Gasteiger partial charge in [0.15, 0.2) is 0 Å². The summed E-state index contributed by atoms with van der Waals surface area (Å²) in [4.78, 5) is 23.4. The van der Waals surface area contributed by atoms with Crippen molar-refractivity contribution in [2.45, 2.75) is 97.1 Å². The van der Waals surface area contributed by atoms with Crippen LogP contribution >= 0.6 is 0 Å². The Balaban J connectivity index is 0.000000527. The third kappa shape index (κ3) is 11.1. The lowest BCUT2D eigenvalue weighted by Crippen LogP contribution is -2.27. The van der Waals surface area contributed by atoms with E-state index >= 15 is 0 Å². The van der Waals surface area contributed by atoms with Gasteiger partial charge in [-0.25, -0.2) is 0 Å². The van der Waals surface area contributed by atoms with Gasteiger partial charge >= 0.3 is 11.9 Å². The Kier molecular flexibility index (Phi) is 11.5. The molecular weight excluding hydrogens is 438 g/mol. The van der Waals surface area contributed by atoms with Crippen molar-refractivity contribution in [3.8, 4) is 11.1 Å². The number of hydrogen-bond donors (Lipinski definition) is 2. The van der Waals surface area contributed by atoms with Gasteiger partial charge in [0, 0.05) is 6.04 Å². The first-order chi connectivity index (χ1) is 16.5. The van der Waals surface area contributed by atoms with Gasteiger partial charge in [0.2, 0.25) is 0 Å². The van der Waals surface area contributed by atoms with E-state index in [9.17, 15) is 14.7 Å². The second-order valence-corrected chi connectivity index (χ2v) is 10.6. The number of nitrogens with two attached hydrogens (primary N) is 1. The lowest BCUT2D eigenvalue weighted by molar-refractivity contribution is -0.160. The fourth-order valence-corrected chi connectivity index (χ4v) is 4.41. The summed E-state index contributed by atoms with van der Waals surface area (Å²) < 4.78 is 5.25. The Hall–Kier alpha value is -2.66. The van der Waals surface area contributed by atoms with Crippen molar-refractivity contribution in [1.82, 2.24) is 0 Å². The van der Waals surface area contributed by atoms with Crippen LogP contribution in [-0.2, 0) is 20.7 Å². The Morgan fingerprint density at radius 3 is 2.23 bits per heavy atom. The predicted molar refractivity (Wildman–Crippen MR) is 142 cm³/mol. The first kappa shape index (κ1) is 28.6. The minimum atomic E-state index is -0.943. The highest BCUT2D eigenvalue weighted by Crippen LogP contribution is 2.25. The number of carboxylic acid groups (broad SMARTS) is 1. The highest BCUT2D eigenvalue weighted by atomic mass is 16.6. The van der Waals surface area contributed by atoms with E-state index in [1.165, 1.54) is 54.4 Å². The van der Waals surface area contributed by atoms with E-state index in [1.54, 1.807) is 20.8 Å². The van der Waals surface area contributed by atoms with Gasteiger partial charge < -0.3 is 15.6 Å². The number of carboxylic acids is 1. The zero-order chi connectivity index (χ0) is 25.8. The highest BCUT2D eigenvalue weighted by Gasteiger charge is 2.24. The van der Waals surface area contributed by atoms with E-state index < -0.39 is 23.5 Å². The van der Waals surface area contributed by atoms with Gasteiger partial charge in [-0.2, -0.15) is 0 Å². The number of rotatable bonds is 8. The third-order valence-corrected chi connectivity index (χ3v) is 6.23. The molecule has 1 aliphatic rings. The van der Waals surface area contributed by atoms with Crippen molar-refractivity contribution in [3.05, 3.63) is 59.7 Å². The number of carbonyl (C=O) groups is 2. The fraction of sp³-hybridized carbons (Fsp3) is 0.533. The number of aliphatic carboxylic acids is 1. The molecule has 0 amide bonds. The maximum Gasteiger partial charge on any atom is 0.307 e. The number of aryl methyl sites for hydroxylation is 2. The van der Waals surface area contributed by atoms with Crippen LogP contribution in [0.5, 0.6) is 0 Å². The molecule has 1 unspecified atom stereocenters. The maximum atomic E-state index is 11.9. The summed E-state index contributed by atoms with van der Waals surface area (Å²) in [6.45, 7) is 7.43. The van der Waals surface area contributed by atoms with Crippen LogP contribution in [0.2, 0.25) is 0 Å². The molecule has 0 spiro atoms. The minimum absolute atomic E-state index is 0.0847. The lowest BCUT2D eigenvalue weighted by atomic mass is 9.94. The number of carbonyl (C=O) groups excluding carboxylic acids is 1. The molecule has 5 nitrogen and oxygen atoms in total. The van der Waals surface area contributed by atoms with Gasteiger partial charge in [-0.1, -0.05) is 67.8 Å². The third-order valence-electron chi connectivity index (χ3n) is 6.23. The predicted octanol–water partition coefficient (Wildman–Crippen LogP) is 6.70. The summed E-state index contributed by atoms with van der Waals surface area (Å²) in [7, 11) is 0. The molecule has 1 fully saturated rings. The molecule has 0 bridgehead atoms. The van der Waals surface area contributed by atoms with Crippen LogP contribution in [0, 0.1) is 12.8 Å². The Morgan fingerprint density at radius 1 is 1.06 bits per heavy atom. The van der Waals surface area contributed by atoms with Gasteiger partial charge in [0.05, 0.1) is 12.3 Å². The molecule has 5 heteroatoms. The quantitative estimate of drug-likeness (QED) is 0.410. The molecule has 192 valence electrons. The van der Waals surface area contributed by atoms with Crippen LogP contribution < -0.4 is 5.73 Å². The van der Waals surface area contributed by atoms with Gasteiger partial charge in [-0.3, -0.25) is 9.59 Å². The highest BCUT2D eigenvalue weighted by molar-refractivity contribution is 5.79. The molecular formula is C30H43NO4. The Bertz CT molecular complexity index is 927. The van der Waals surface area contributed by atoms with Gasteiger partial charge in [-0.15, -0.1) is 0 Å². The average Bonchev–Trinajstić information content (AvgIpc) is 2.79. The number of esters is 1. The molecule has 1 aliphatic carbocycles. The molecule has 2 aromatic rings. The molecule has 3 N–H and O–H groups in total. The normalized spacial score (nSPS) is 15.0. The topological polar surface area (TPSA) is 89.6 Å². The van der Waals surface area contributed by atoms with Crippen molar-refractivity contribution in [2.75, 3.05) is 0 Å². The van der Waals surface area contributed by atoms with E-state index in [0.29, 0.717) is 18.9 Å². The van der Waals surface area contributed by atoms with E-state index in [1.807, 2.05) is 18.2 Å². The minimum Gasteiger partial charge on any atom is -0.481 e. The van der Waals surface area contributed by atoms with Gasteiger partial charge in [-0.05, 0) is 82.1 Å². The zero-order valence-electron chi connectivity index (χ0n) is 21.9. The summed E-state index contributed by atoms with van der Waals surface area (Å²) in [6, 6.07) is 17.2. The summed E-state index contributed by atoms with van der Waals surface area (Å²) >= 11 is 0. The first-order valence-corrected chi connectivity index (χ1v) is 12.9. The smallest absolute Gasteiger partial charge is 0.307 e. The number of benzene rings is 2. The second-order valence-electron chi connectivity index (χ2n) is 10.6. The van der Waals surface area contributed by atoms with Crippen LogP contribution in [0.15, 0.2) is 48.5 Å². The fourth-order valence-electron chi connectivity index (χ4n) is 4.41. The molecule has 0 saturated heterocycles. The van der Waals surface area contributed by atoms with Crippen LogP contribution in [0.25, 0.3) is 11.1 Å². The zero-order valence-corrected chi connectivity index (χ0v) is 21.9. The van der Waals surface area contributed by atoms with Crippen LogP contribution in [0.3, 0.4) is 0 Å². The van der Waals surface area contributed by atoms with E-state index in [0.717, 1.165) is 6.42 Å². The summed E-state index contributed by atoms with van der Waals surface area (Å²) in [6.07, 6.45) is 8.53. The summed E-state index contributed by atoms with van der Waals surface area (Å²) in [5.74, 6) is -2.11. The monoisotopic (exact) mass is 481 g/mol. The lowest BCUT2D eigenvalue weighted by Gasteiger charge is -2.21. The SMILES string of the molecule is Cc1cc(CCCC(CC(=O)OC(C)(C)C)C(=O)O)ccc1-c1ccccc1.NC1CCCCC1. The first-order valence-electron chi connectivity index (χ1n) is 12.9. The van der Waals surface area contributed by atoms with Crippen molar-refractivity contribution in [3.63, 3.8) is 0 Å². The maximum absolute atomic E-state index is 11.9. The van der Waals surface area contributed by atoms with Crippen LogP contribution in [-0.4, -0.2) is 28.7 Å². The second kappa shape index (κ2) is 14.0. The van der Waals surface area contributed by atoms with Crippen LogP contribution in [0.4, 0.5) is 0 Å². The molecule has 35 heavy (non-hydrogen) atoms. The molecule has 0 aliphatic heterocycles. The van der Waals surface area contributed by atoms with Crippen molar-refractivity contribution < 1.29 is 19.4 Å². The molecule has 1 saturated carbocycles. The van der Waals surface area contributed by atoms with E-state index in [4.69, 9.17) is 10.5 Å². The molecule has 2 aromatic carbocycles. The average molecular weight is 482 g/mol. The van der Waals surface area contributed by atoms with Crippen molar-refractivity contribution in [1.29, 1.82) is 0 Å². The van der Waals surface area contributed by atoms with Crippen molar-refractivity contribution >= 4 is 11.9 Å². The Morgan fingerprint density at radius 2 is 1.71 bits per heavy atom. The molecule has 3 rings (SSSR count). The van der Waals surface area contributed by atoms with Gasteiger partial charge in [0.25, 0.3) is 0 Å². The summed E-state index contributed by atoms with van der Waals surface area (Å²) in [5.41, 5.74) is 9.81. The Labute approximate surface area is 211 Å². The standard InChI is InChI=1S/C24H30O4.C6H13N/c1-17-15-18(13-14-21(17)19-10-6-5-7-11-19)9-8-12-20(23(26)27)16-22(25)28-24(2,3)4;7-6-4-2-1-3-5-6/h5-7,10-11,13-15,20H,8-9,12,16H2,1-4H3,(H,26,27);6H,1-5,7H2. The number of ether oxygens (including phenoxy) is 1. The molecule has 0 aromatic heterocycles. The molecule has 1 atom stereocenters. The molecule has 0 heterocycles. The summed E-state index contributed by atoms with van der Waals surface area (Å²) in [5, 5.41) is 9.42.